The van der Waals surface area contributed by atoms with Gasteiger partial charge in [0.1, 0.15) is 0 Å². The van der Waals surface area contributed by atoms with Gasteiger partial charge in [0.15, 0.2) is 0 Å². The summed E-state index contributed by atoms with van der Waals surface area (Å²) < 4.78 is 0. The van der Waals surface area contributed by atoms with Crippen LogP contribution in [0.4, 0.5) is 0 Å². The highest BCUT2D eigenvalue weighted by atomic mass is 14.9. The van der Waals surface area contributed by atoms with E-state index < -0.39 is 0 Å². The molecule has 1 unspecified atom stereocenters. The van der Waals surface area contributed by atoms with Crippen LogP contribution in [0.5, 0.6) is 0 Å². The van der Waals surface area contributed by atoms with Gasteiger partial charge in [-0.05, 0) is 37.7 Å². The van der Waals surface area contributed by atoms with Crippen molar-refractivity contribution in [2.24, 2.45) is 11.8 Å². The maximum Gasteiger partial charge on any atom is 0.0714 e. The highest BCUT2D eigenvalue weighted by Gasteiger charge is 2.29. The van der Waals surface area contributed by atoms with E-state index >= 15 is 0 Å². The Balaban J connectivity index is 1.64. The number of hydrogen-bond donors (Lipinski definition) is 0. The third kappa shape index (κ3) is 2.05. The van der Waals surface area contributed by atoms with Crippen LogP contribution in [0.25, 0.3) is 0 Å². The lowest BCUT2D eigenvalue weighted by Gasteiger charge is -2.26. The maximum atomic E-state index is 5.02. The van der Waals surface area contributed by atoms with Gasteiger partial charge in [-0.3, -0.25) is 5.32 Å². The molecule has 1 aliphatic heterocycles. The van der Waals surface area contributed by atoms with Gasteiger partial charge < -0.3 is 0 Å². The van der Waals surface area contributed by atoms with Crippen LogP contribution in [-0.2, 0) is 0 Å². The smallest absolute Gasteiger partial charge is 0.0714 e. The van der Waals surface area contributed by atoms with Gasteiger partial charge in [0, 0.05) is 11.6 Å². The molecule has 0 aromatic heterocycles. The molecule has 0 N–H and O–H groups in total. The number of allylic oxidation sites excluding steroid dienone is 3. The average Bonchev–Trinajstić information content (AvgIpc) is 3.03. The summed E-state index contributed by atoms with van der Waals surface area (Å²) in [6.45, 7) is 0. The lowest BCUT2D eigenvalue weighted by Crippen LogP contribution is -2.30. The predicted molar refractivity (Wildman–Crippen MR) is 67.1 cm³/mol. The molecule has 0 aromatic carbocycles. The Kier molecular flexibility index (Phi) is 3.03. The molecule has 2 saturated carbocycles. The van der Waals surface area contributed by atoms with Crippen LogP contribution in [0.1, 0.15) is 51.4 Å². The largest absolute Gasteiger partial charge is 0.282 e. The second kappa shape index (κ2) is 4.65. The first kappa shape index (κ1) is 10.4. The summed E-state index contributed by atoms with van der Waals surface area (Å²) in [7, 11) is 0. The molecule has 3 rings (SSSR count). The van der Waals surface area contributed by atoms with Crippen LogP contribution < -0.4 is 5.32 Å². The minimum atomic E-state index is 0.517. The van der Waals surface area contributed by atoms with E-state index in [-0.39, 0.29) is 0 Å². The molecule has 0 saturated heterocycles. The quantitative estimate of drug-likeness (QED) is 0.666. The van der Waals surface area contributed by atoms with Gasteiger partial charge in [-0.15, -0.1) is 0 Å². The lowest BCUT2D eigenvalue weighted by atomic mass is 9.92. The van der Waals surface area contributed by atoms with Crippen LogP contribution >= 0.6 is 0 Å². The second-order valence-electron chi connectivity index (χ2n) is 5.62. The van der Waals surface area contributed by atoms with Gasteiger partial charge in [-0.25, -0.2) is 0 Å². The molecule has 1 atom stereocenters. The molecule has 0 spiro atoms. The van der Waals surface area contributed by atoms with Gasteiger partial charge in [-0.1, -0.05) is 37.8 Å². The van der Waals surface area contributed by atoms with Gasteiger partial charge >= 0.3 is 0 Å². The fourth-order valence-corrected chi connectivity index (χ4v) is 3.55. The molecule has 16 heavy (non-hydrogen) atoms. The number of rotatable bonds is 2. The van der Waals surface area contributed by atoms with Crippen molar-refractivity contribution in [3.05, 3.63) is 23.9 Å². The van der Waals surface area contributed by atoms with E-state index in [4.69, 9.17) is 5.32 Å². The predicted octanol–water partition coefficient (Wildman–Crippen LogP) is 3.79. The van der Waals surface area contributed by atoms with Gasteiger partial charge in [0.2, 0.25) is 0 Å². The molecule has 2 fully saturated rings. The van der Waals surface area contributed by atoms with Gasteiger partial charge in [0.05, 0.1) is 6.04 Å². The van der Waals surface area contributed by atoms with Gasteiger partial charge in [-0.2, -0.15) is 0 Å². The third-order valence-electron chi connectivity index (χ3n) is 4.53. The summed E-state index contributed by atoms with van der Waals surface area (Å²) in [4.78, 5) is 0. The lowest BCUT2D eigenvalue weighted by molar-refractivity contribution is 0.408. The van der Waals surface area contributed by atoms with E-state index in [0.717, 1.165) is 11.8 Å². The molecule has 1 heterocycles. The Hall–Kier alpha value is -0.720. The highest BCUT2D eigenvalue weighted by Crippen LogP contribution is 2.35. The van der Waals surface area contributed by atoms with Crippen molar-refractivity contribution in [3.63, 3.8) is 0 Å². The summed E-state index contributed by atoms with van der Waals surface area (Å²) in [6, 6.07) is 0.517. The van der Waals surface area contributed by atoms with Crippen molar-refractivity contribution in [1.29, 1.82) is 0 Å². The van der Waals surface area contributed by atoms with Crippen LogP contribution in [0.2, 0.25) is 0 Å². The van der Waals surface area contributed by atoms with E-state index in [2.05, 4.69) is 18.2 Å². The molecule has 0 bridgehead atoms. The van der Waals surface area contributed by atoms with E-state index in [0.29, 0.717) is 6.04 Å². The molecule has 2 aliphatic carbocycles. The fourth-order valence-electron chi connectivity index (χ4n) is 3.55. The number of nitrogens with zero attached hydrogens (tertiary/aromatic N) is 1. The standard InChI is InChI=1S/C15H22N/c1-2-7-12(6-1)14-10-5-11-15(16-14)13-8-3-4-9-13/h5,10-14H,1-4,6-9H2. The SMILES string of the molecule is C1=CC(C2CCCC2)[N]C(C2CCCC2)=C1. The minimum Gasteiger partial charge on any atom is -0.282 e. The highest BCUT2D eigenvalue weighted by molar-refractivity contribution is 5.23. The monoisotopic (exact) mass is 216 g/mol. The fraction of sp³-hybridized carbons (Fsp3) is 0.733. The Bertz CT molecular complexity index is 291. The van der Waals surface area contributed by atoms with E-state index in [9.17, 15) is 0 Å². The molecule has 1 radical (unpaired) electrons. The topological polar surface area (TPSA) is 14.1 Å². The Morgan fingerprint density at radius 3 is 2.38 bits per heavy atom. The van der Waals surface area contributed by atoms with Crippen molar-refractivity contribution in [2.75, 3.05) is 0 Å². The first-order chi connectivity index (χ1) is 7.93. The zero-order chi connectivity index (χ0) is 10.8. The van der Waals surface area contributed by atoms with Crippen LogP contribution in [0.15, 0.2) is 23.9 Å². The van der Waals surface area contributed by atoms with Crippen LogP contribution in [-0.4, -0.2) is 6.04 Å². The molecular formula is C15H22N. The van der Waals surface area contributed by atoms with E-state index in [1.54, 1.807) is 0 Å². The molecule has 3 aliphatic rings. The Labute approximate surface area is 99.0 Å². The van der Waals surface area contributed by atoms with Gasteiger partial charge in [0.25, 0.3) is 0 Å². The molecule has 1 heteroatoms. The second-order valence-corrected chi connectivity index (χ2v) is 5.62. The van der Waals surface area contributed by atoms with Crippen molar-refractivity contribution in [3.8, 4) is 0 Å². The minimum absolute atomic E-state index is 0.517. The Morgan fingerprint density at radius 1 is 0.938 bits per heavy atom. The normalized spacial score (nSPS) is 31.8. The zero-order valence-electron chi connectivity index (χ0n) is 10.1. The maximum absolute atomic E-state index is 5.02. The summed E-state index contributed by atoms with van der Waals surface area (Å²) in [6.07, 6.45) is 18.1. The van der Waals surface area contributed by atoms with E-state index in [1.807, 2.05) is 0 Å². The van der Waals surface area contributed by atoms with Crippen molar-refractivity contribution in [2.45, 2.75) is 57.4 Å². The molecule has 87 valence electrons. The molecule has 0 amide bonds. The zero-order valence-corrected chi connectivity index (χ0v) is 10.1. The van der Waals surface area contributed by atoms with Crippen LogP contribution in [0.3, 0.4) is 0 Å². The molecule has 0 aromatic rings. The van der Waals surface area contributed by atoms with Crippen molar-refractivity contribution in [1.82, 2.24) is 5.32 Å². The van der Waals surface area contributed by atoms with Crippen LogP contribution in [0, 0.1) is 11.8 Å². The van der Waals surface area contributed by atoms with E-state index in [1.165, 1.54) is 57.1 Å². The first-order valence-corrected chi connectivity index (χ1v) is 7.03. The summed E-state index contributed by atoms with van der Waals surface area (Å²) >= 11 is 0. The average molecular weight is 216 g/mol. The first-order valence-electron chi connectivity index (χ1n) is 7.03. The number of hydrogen-bond acceptors (Lipinski definition) is 0. The van der Waals surface area contributed by atoms with Crippen molar-refractivity contribution >= 4 is 0 Å². The summed E-state index contributed by atoms with van der Waals surface area (Å²) in [5.41, 5.74) is 1.41. The molecule has 1 nitrogen and oxygen atoms in total. The summed E-state index contributed by atoms with van der Waals surface area (Å²) in [5.74, 6) is 1.63. The van der Waals surface area contributed by atoms with Crippen molar-refractivity contribution < 1.29 is 0 Å². The third-order valence-corrected chi connectivity index (χ3v) is 4.53. The summed E-state index contributed by atoms with van der Waals surface area (Å²) in [5, 5.41) is 5.02. The molecular weight excluding hydrogens is 194 g/mol. The Morgan fingerprint density at radius 2 is 1.62 bits per heavy atom.